The normalized spacial score (nSPS) is 14.2. The van der Waals surface area contributed by atoms with Crippen molar-refractivity contribution in [2.24, 2.45) is 7.05 Å². The van der Waals surface area contributed by atoms with Crippen LogP contribution in [0.15, 0.2) is 108 Å². The Morgan fingerprint density at radius 1 is 0.446 bits per heavy atom. The van der Waals surface area contributed by atoms with E-state index in [1.165, 1.54) is 27.5 Å². The lowest BCUT2D eigenvalue weighted by Crippen LogP contribution is -2.00. The summed E-state index contributed by atoms with van der Waals surface area (Å²) in [5.41, 5.74) is 3.79. The van der Waals surface area contributed by atoms with E-state index in [0.29, 0.717) is 54.3 Å². The van der Waals surface area contributed by atoms with Crippen molar-refractivity contribution in [3.63, 3.8) is 0 Å². The van der Waals surface area contributed by atoms with Gasteiger partial charge in [-0.1, -0.05) is 48.5 Å². The molecule has 7 aromatic carbocycles. The summed E-state index contributed by atoms with van der Waals surface area (Å²) in [7, 11) is 1.71. The number of Topliss-reactive ketones (excluding diaryl/α,β-unsaturated/α-hetero) is 4. The van der Waals surface area contributed by atoms with Crippen LogP contribution in [0, 0.1) is 0 Å². The number of hydrogen-bond donors (Lipinski definition) is 0. The summed E-state index contributed by atoms with van der Waals surface area (Å²) in [6.07, 6.45) is 3.13. The van der Waals surface area contributed by atoms with Gasteiger partial charge in [-0.2, -0.15) is 15.0 Å². The van der Waals surface area contributed by atoms with Crippen LogP contribution in [0.3, 0.4) is 0 Å². The minimum Gasteiger partial charge on any atom is -0.288 e. The van der Waals surface area contributed by atoms with Crippen LogP contribution in [0.1, 0.15) is 51.4 Å². The number of aromatic nitrogens is 5. The van der Waals surface area contributed by atoms with E-state index in [0.717, 1.165) is 52.5 Å². The van der Waals surface area contributed by atoms with Crippen LogP contribution in [0.5, 0.6) is 0 Å². The number of carbonyl (C=O) groups is 4. The van der Waals surface area contributed by atoms with Crippen molar-refractivity contribution >= 4 is 133 Å². The number of allylic oxidation sites excluding steroid dienone is 2. The average molecular weight is 760 g/mol. The molecule has 0 N–H and O–H groups in total. The number of nitrogens with zero attached hydrogens (tertiary/aromatic N) is 5. The van der Waals surface area contributed by atoms with E-state index in [-0.39, 0.29) is 34.3 Å². The zero-order valence-corrected chi connectivity index (χ0v) is 30.7. The molecule has 9 nitrogen and oxygen atoms in total. The fourth-order valence-electron chi connectivity index (χ4n) is 8.18. The molecule has 0 radical (unpaired) electrons. The molecule has 2 aliphatic carbocycles. The third kappa shape index (κ3) is 4.34. The Balaban J connectivity index is 0.961. The Bertz CT molecular complexity index is 3250. The SMILES string of the molecule is Cn1nc2c(n1)c1nc(C=C3C(=O)c4cc5cc6ccccc6cc5cc4C3=O)sc1c1sc(C=C3C(=O)c4cc5cc6ccccc6cc5cc4C3=O)nc21. The summed E-state index contributed by atoms with van der Waals surface area (Å²) in [6, 6.07) is 31.4. The second-order valence-electron chi connectivity index (χ2n) is 14.2. The van der Waals surface area contributed by atoms with Gasteiger partial charge in [-0.15, -0.1) is 22.7 Å². The highest BCUT2D eigenvalue weighted by Gasteiger charge is 2.35. The summed E-state index contributed by atoms with van der Waals surface area (Å²) >= 11 is 2.64. The molecule has 3 heterocycles. The lowest BCUT2D eigenvalue weighted by molar-refractivity contribution is 0.0975. The number of thiazole rings is 2. The van der Waals surface area contributed by atoms with E-state index < -0.39 is 0 Å². The number of fused-ring (bicyclic) bond motifs is 12. The largest absolute Gasteiger partial charge is 0.288 e. The molecule has 3 aromatic heterocycles. The number of hydrogen-bond acceptors (Lipinski definition) is 10. The average Bonchev–Trinajstić information content (AvgIpc) is 4.01. The smallest absolute Gasteiger partial charge is 0.197 e. The molecule has 10 aromatic rings. The van der Waals surface area contributed by atoms with Crippen molar-refractivity contribution in [1.82, 2.24) is 25.0 Å². The summed E-state index contributed by atoms with van der Waals surface area (Å²) < 4.78 is 1.50. The maximum Gasteiger partial charge on any atom is 0.197 e. The Labute approximate surface area is 322 Å². The van der Waals surface area contributed by atoms with E-state index in [9.17, 15) is 19.2 Å². The van der Waals surface area contributed by atoms with Crippen molar-refractivity contribution in [2.75, 3.05) is 0 Å². The molecule has 262 valence electrons. The summed E-state index contributed by atoms with van der Waals surface area (Å²) in [4.78, 5) is 66.3. The summed E-state index contributed by atoms with van der Waals surface area (Å²) in [6.45, 7) is 0. The molecule has 12 rings (SSSR count). The third-order valence-electron chi connectivity index (χ3n) is 10.8. The first-order chi connectivity index (χ1) is 27.3. The third-order valence-corrected chi connectivity index (χ3v) is 13.0. The first-order valence-corrected chi connectivity index (χ1v) is 19.4. The lowest BCUT2D eigenvalue weighted by Gasteiger charge is -2.04. The molecule has 0 saturated carbocycles. The van der Waals surface area contributed by atoms with Crippen LogP contribution in [0.4, 0.5) is 0 Å². The van der Waals surface area contributed by atoms with Crippen LogP contribution >= 0.6 is 22.7 Å². The maximum atomic E-state index is 13.8. The zero-order chi connectivity index (χ0) is 37.6. The quantitative estimate of drug-likeness (QED) is 0.0970. The zero-order valence-electron chi connectivity index (χ0n) is 29.1. The monoisotopic (exact) mass is 759 g/mol. The Hall–Kier alpha value is -7.08. The highest BCUT2D eigenvalue weighted by molar-refractivity contribution is 7.27. The standard InChI is InChI=1S/C45H21N5O4S2/c1-50-48-36-37(49-50)39-45(56-35(47-39)19-33-42(53)30-16-26-12-22-8-4-5-9-23(22)13-27(26)17-31(30)43(33)54)44-38(36)46-34(55-44)18-32-40(51)28-14-24-10-20-6-2-3-7-21(20)11-25(24)15-29(28)41(32)52/h2-19H,1H3. The maximum absolute atomic E-state index is 13.8. The van der Waals surface area contributed by atoms with E-state index >= 15 is 0 Å². The van der Waals surface area contributed by atoms with Gasteiger partial charge < -0.3 is 0 Å². The first-order valence-electron chi connectivity index (χ1n) is 17.8. The Morgan fingerprint density at radius 2 is 0.768 bits per heavy atom. The lowest BCUT2D eigenvalue weighted by atomic mass is 9.99. The van der Waals surface area contributed by atoms with Crippen molar-refractivity contribution in [2.45, 2.75) is 0 Å². The molecule has 0 aliphatic heterocycles. The van der Waals surface area contributed by atoms with Crippen LogP contribution < -0.4 is 0 Å². The molecule has 0 fully saturated rings. The van der Waals surface area contributed by atoms with E-state index in [1.807, 2.05) is 72.8 Å². The fourth-order valence-corrected chi connectivity index (χ4v) is 10.3. The van der Waals surface area contributed by atoms with Crippen molar-refractivity contribution in [1.29, 1.82) is 0 Å². The Morgan fingerprint density at radius 3 is 1.09 bits per heavy atom. The van der Waals surface area contributed by atoms with Crippen LogP contribution in [-0.2, 0) is 7.05 Å². The van der Waals surface area contributed by atoms with Gasteiger partial charge in [0.25, 0.3) is 0 Å². The predicted molar refractivity (Wildman–Crippen MR) is 221 cm³/mol. The number of carbonyl (C=O) groups excluding carboxylic acids is 4. The van der Waals surface area contributed by atoms with Gasteiger partial charge >= 0.3 is 0 Å². The van der Waals surface area contributed by atoms with Crippen LogP contribution in [-0.4, -0.2) is 48.1 Å². The molecule has 0 bridgehead atoms. The molecule has 2 aliphatic rings. The van der Waals surface area contributed by atoms with E-state index in [4.69, 9.17) is 9.97 Å². The number of ketones is 4. The van der Waals surface area contributed by atoms with Crippen molar-refractivity contribution in [3.8, 4) is 0 Å². The minimum absolute atomic E-state index is 0.0545. The van der Waals surface area contributed by atoms with Crippen molar-refractivity contribution < 1.29 is 19.2 Å². The van der Waals surface area contributed by atoms with Gasteiger partial charge in [-0.3, -0.25) is 19.2 Å². The highest BCUT2D eigenvalue weighted by Crippen LogP contribution is 2.42. The fraction of sp³-hybridized carbons (Fsp3) is 0.0222. The minimum atomic E-state index is -0.339. The summed E-state index contributed by atoms with van der Waals surface area (Å²) in [5.74, 6) is -1.36. The summed E-state index contributed by atoms with van der Waals surface area (Å²) in [5, 5.41) is 17.9. The van der Waals surface area contributed by atoms with Gasteiger partial charge in [0.1, 0.15) is 32.1 Å². The highest BCUT2D eigenvalue weighted by atomic mass is 32.1. The number of benzene rings is 7. The second-order valence-corrected chi connectivity index (χ2v) is 16.2. The van der Waals surface area contributed by atoms with E-state index in [2.05, 4.69) is 10.2 Å². The van der Waals surface area contributed by atoms with Gasteiger partial charge in [0.2, 0.25) is 0 Å². The first kappa shape index (κ1) is 31.3. The molecular formula is C45H21N5O4S2. The molecule has 56 heavy (non-hydrogen) atoms. The molecule has 0 unspecified atom stereocenters. The predicted octanol–water partition coefficient (Wildman–Crippen LogP) is 9.73. The van der Waals surface area contributed by atoms with Gasteiger partial charge in [-0.25, -0.2) is 9.97 Å². The van der Waals surface area contributed by atoms with Crippen LogP contribution in [0.2, 0.25) is 0 Å². The van der Waals surface area contributed by atoms with Gasteiger partial charge in [0, 0.05) is 29.3 Å². The molecular weight excluding hydrogens is 739 g/mol. The number of rotatable bonds is 2. The topological polar surface area (TPSA) is 125 Å². The molecule has 11 heteroatoms. The molecule has 0 atom stereocenters. The van der Waals surface area contributed by atoms with Gasteiger partial charge in [-0.05, 0) is 104 Å². The Kier molecular flexibility index (Phi) is 6.15. The second kappa shape index (κ2) is 11.0. The number of aryl methyl sites for hydroxylation is 1. The van der Waals surface area contributed by atoms with Crippen molar-refractivity contribution in [3.05, 3.63) is 140 Å². The molecule has 0 amide bonds. The van der Waals surface area contributed by atoms with E-state index in [1.54, 1.807) is 43.5 Å². The van der Waals surface area contributed by atoms with Crippen LogP contribution in [0.25, 0.3) is 86.7 Å². The van der Waals surface area contributed by atoms with Gasteiger partial charge in [0.15, 0.2) is 23.1 Å². The van der Waals surface area contributed by atoms with Gasteiger partial charge in [0.05, 0.1) is 20.5 Å². The molecule has 0 spiro atoms. The molecule has 0 saturated heterocycles.